The van der Waals surface area contributed by atoms with Gasteiger partial charge in [-0.15, -0.1) is 0 Å². The van der Waals surface area contributed by atoms with Crippen LogP contribution in [0.25, 0.3) is 0 Å². The predicted molar refractivity (Wildman–Crippen MR) is 133 cm³/mol. The van der Waals surface area contributed by atoms with Crippen molar-refractivity contribution in [2.24, 2.45) is 0 Å². The lowest BCUT2D eigenvalue weighted by Gasteiger charge is -2.47. The summed E-state index contributed by atoms with van der Waals surface area (Å²) in [4.78, 5) is 11.6. The fraction of sp³-hybridized carbons (Fsp3) is 0.958. The minimum Gasteiger partial charge on any atom is -0.455 e. The fourth-order valence-electron chi connectivity index (χ4n) is 5.34. The molecule has 0 unspecified atom stereocenters. The summed E-state index contributed by atoms with van der Waals surface area (Å²) in [7, 11) is 0. The van der Waals surface area contributed by atoms with E-state index in [1.807, 2.05) is 0 Å². The van der Waals surface area contributed by atoms with E-state index in [1.165, 1.54) is 0 Å². The van der Waals surface area contributed by atoms with E-state index in [9.17, 15) is 71.2 Å². The van der Waals surface area contributed by atoms with Gasteiger partial charge in [0.2, 0.25) is 0 Å². The number of esters is 1. The van der Waals surface area contributed by atoms with Crippen LogP contribution in [0.15, 0.2) is 0 Å². The van der Waals surface area contributed by atoms with E-state index in [2.05, 4.69) is 0 Å². The minimum absolute atomic E-state index is 0.689. The van der Waals surface area contributed by atoms with Gasteiger partial charge in [0.05, 0.1) is 26.4 Å². The predicted octanol–water partition coefficient (Wildman–Crippen LogP) is -9.54. The van der Waals surface area contributed by atoms with Gasteiger partial charge in [0, 0.05) is 0 Å². The van der Waals surface area contributed by atoms with Gasteiger partial charge in [-0.05, 0) is 0 Å². The molecule has 13 N–H and O–H groups in total. The highest BCUT2D eigenvalue weighted by atomic mass is 16.8. The minimum atomic E-state index is -2.07. The monoisotopic (exact) mass is 664 g/mol. The van der Waals surface area contributed by atoms with Crippen molar-refractivity contribution in [2.75, 3.05) is 26.4 Å². The van der Waals surface area contributed by atoms with Crippen molar-refractivity contribution in [3.05, 3.63) is 0 Å². The Bertz CT molecular complexity index is 954. The smallest absolute Gasteiger partial charge is 0.338 e. The first kappa shape index (κ1) is 36.5. The van der Waals surface area contributed by atoms with Crippen molar-refractivity contribution in [1.82, 2.24) is 0 Å². The molecule has 19 atom stereocenters. The Morgan fingerprint density at radius 2 is 0.933 bits per heavy atom. The molecule has 4 saturated heterocycles. The van der Waals surface area contributed by atoms with E-state index in [4.69, 9.17) is 33.2 Å². The van der Waals surface area contributed by atoms with Gasteiger partial charge in [0.15, 0.2) is 31.1 Å². The first-order valence-electron chi connectivity index (χ1n) is 14.0. The highest BCUT2D eigenvalue weighted by molar-refractivity contribution is 5.76. The molecule has 262 valence electrons. The molecule has 0 spiro atoms. The Kier molecular flexibility index (Phi) is 12.4. The van der Waals surface area contributed by atoms with Crippen LogP contribution in [-0.2, 0) is 38.0 Å². The molecule has 4 aliphatic rings. The number of ether oxygens (including phenoxy) is 7. The number of carbonyl (C=O) groups excluding carboxylic acids is 1. The van der Waals surface area contributed by atoms with Crippen LogP contribution >= 0.6 is 0 Å². The number of aliphatic hydroxyl groups excluding tert-OH is 13. The van der Waals surface area contributed by atoms with Gasteiger partial charge < -0.3 is 99.5 Å². The maximum Gasteiger partial charge on any atom is 0.338 e. The molecule has 4 fully saturated rings. The van der Waals surface area contributed by atoms with Crippen LogP contribution in [0.5, 0.6) is 0 Å². The van der Waals surface area contributed by atoms with Crippen molar-refractivity contribution in [2.45, 2.75) is 117 Å². The second kappa shape index (κ2) is 15.3. The third-order valence-electron chi connectivity index (χ3n) is 8.06. The number of cyclic esters (lactones) is 1. The summed E-state index contributed by atoms with van der Waals surface area (Å²) in [5.41, 5.74) is 0. The Balaban J connectivity index is 1.42. The number of hydrogen-bond donors (Lipinski definition) is 13. The molecule has 0 amide bonds. The first-order valence-corrected chi connectivity index (χ1v) is 14.0. The van der Waals surface area contributed by atoms with Crippen molar-refractivity contribution >= 4 is 5.97 Å². The average Bonchev–Trinajstić information content (AvgIpc) is 3.03. The highest BCUT2D eigenvalue weighted by Gasteiger charge is 2.54. The highest BCUT2D eigenvalue weighted by Crippen LogP contribution is 2.32. The Morgan fingerprint density at radius 1 is 0.489 bits per heavy atom. The molecule has 21 heteroatoms. The molecule has 45 heavy (non-hydrogen) atoms. The lowest BCUT2D eigenvalue weighted by atomic mass is 9.96. The molecule has 21 nitrogen and oxygen atoms in total. The van der Waals surface area contributed by atoms with Crippen LogP contribution in [0.2, 0.25) is 0 Å². The van der Waals surface area contributed by atoms with E-state index >= 15 is 0 Å². The van der Waals surface area contributed by atoms with Crippen LogP contribution in [0.4, 0.5) is 0 Å². The van der Waals surface area contributed by atoms with Gasteiger partial charge in [-0.2, -0.15) is 0 Å². The van der Waals surface area contributed by atoms with Crippen LogP contribution < -0.4 is 0 Å². The summed E-state index contributed by atoms with van der Waals surface area (Å²) in [6, 6.07) is 0. The largest absolute Gasteiger partial charge is 0.455 e. The van der Waals surface area contributed by atoms with Crippen LogP contribution in [0, 0.1) is 0 Å². The van der Waals surface area contributed by atoms with Crippen molar-refractivity contribution in [3.8, 4) is 0 Å². The molecule has 0 radical (unpaired) electrons. The second-order valence-corrected chi connectivity index (χ2v) is 11.0. The molecule has 0 saturated carbocycles. The zero-order valence-corrected chi connectivity index (χ0v) is 23.4. The van der Waals surface area contributed by atoms with E-state index in [0.29, 0.717) is 0 Å². The molecule has 4 rings (SSSR count). The standard InChI is InChI=1S/C24H40O21/c25-1-5-9(28)11(30)16(35)22(41-5)39-4-8-10(29)12(31)17(36)23(43-8)45-20-7(3-27)42-24(18(37)14(20)33)44-19-6(2-26)40-21(38)15(34)13(19)32/h5-20,22-37H,1-4H2/t5-,6-,7-,8-,9+,10-,11+,12+,13-,14-,15-,16-,17-,18-,19-,20-,22-,23-,24-/m1/s1. The van der Waals surface area contributed by atoms with E-state index in [0.717, 1.165) is 0 Å². The third kappa shape index (κ3) is 7.41. The summed E-state index contributed by atoms with van der Waals surface area (Å²) >= 11 is 0. The zero-order chi connectivity index (χ0) is 33.3. The van der Waals surface area contributed by atoms with Crippen molar-refractivity contribution in [1.29, 1.82) is 0 Å². The van der Waals surface area contributed by atoms with Gasteiger partial charge in [-0.1, -0.05) is 0 Å². The van der Waals surface area contributed by atoms with Crippen LogP contribution in [0.3, 0.4) is 0 Å². The maximum atomic E-state index is 11.6. The molecule has 0 bridgehead atoms. The van der Waals surface area contributed by atoms with E-state index in [1.54, 1.807) is 0 Å². The summed E-state index contributed by atoms with van der Waals surface area (Å²) in [6.07, 6.45) is -33.7. The number of hydrogen-bond acceptors (Lipinski definition) is 21. The molecule has 4 aliphatic heterocycles. The number of rotatable bonds is 10. The van der Waals surface area contributed by atoms with E-state index in [-0.39, 0.29) is 0 Å². The number of carbonyl (C=O) groups is 1. The summed E-state index contributed by atoms with van der Waals surface area (Å²) in [6.45, 7) is -3.22. The maximum absolute atomic E-state index is 11.6. The second-order valence-electron chi connectivity index (χ2n) is 11.0. The third-order valence-corrected chi connectivity index (χ3v) is 8.06. The van der Waals surface area contributed by atoms with Crippen LogP contribution in [-0.4, -0.2) is 215 Å². The molecule has 0 aromatic heterocycles. The topological polar surface area (TPSA) is 345 Å². The fourth-order valence-corrected chi connectivity index (χ4v) is 5.34. The van der Waals surface area contributed by atoms with Gasteiger partial charge in [0.25, 0.3) is 0 Å². The van der Waals surface area contributed by atoms with Crippen molar-refractivity contribution in [3.63, 3.8) is 0 Å². The van der Waals surface area contributed by atoms with Gasteiger partial charge in [0.1, 0.15) is 85.5 Å². The molecular formula is C24H40O21. The number of aliphatic hydroxyl groups is 13. The SMILES string of the molecule is O=C1O[C@H](CO)[C@@H](O[C@H]2O[C@H](CO)[C@@H](O[C@H]3O[C@H](CO[C@@H]4O[C@H](CO)[C@H](O)[C@H](O)[C@H]4O)[C@@H](O)[C@H](O)[C@H]3O)[C@H](O)[C@H]2O)[C@H](O)[C@H]1O. The molecule has 0 aromatic carbocycles. The van der Waals surface area contributed by atoms with Gasteiger partial charge >= 0.3 is 5.97 Å². The normalized spacial score (nSPS) is 51.1. The van der Waals surface area contributed by atoms with E-state index < -0.39 is 149 Å². The van der Waals surface area contributed by atoms with Crippen molar-refractivity contribution < 1.29 is 104 Å². The Hall–Kier alpha value is -1.29. The zero-order valence-electron chi connectivity index (χ0n) is 23.4. The average molecular weight is 665 g/mol. The summed E-state index contributed by atoms with van der Waals surface area (Å²) in [5, 5.41) is 132. The molecular weight excluding hydrogens is 624 g/mol. The van der Waals surface area contributed by atoms with Gasteiger partial charge in [-0.3, -0.25) is 0 Å². The van der Waals surface area contributed by atoms with Crippen LogP contribution in [0.1, 0.15) is 0 Å². The Morgan fingerprint density at radius 3 is 1.49 bits per heavy atom. The lowest BCUT2D eigenvalue weighted by Crippen LogP contribution is -2.66. The lowest BCUT2D eigenvalue weighted by molar-refractivity contribution is -0.373. The summed E-state index contributed by atoms with van der Waals surface area (Å²) in [5.74, 6) is -1.25. The summed E-state index contributed by atoms with van der Waals surface area (Å²) < 4.78 is 37.3. The molecule has 0 aliphatic carbocycles. The van der Waals surface area contributed by atoms with Gasteiger partial charge in [-0.25, -0.2) is 4.79 Å². The Labute approximate surface area is 253 Å². The first-order chi connectivity index (χ1) is 21.2. The quantitative estimate of drug-likeness (QED) is 0.0964. The molecule has 0 aromatic rings. The molecule has 4 heterocycles.